The van der Waals surface area contributed by atoms with Crippen LogP contribution in [0.1, 0.15) is 29.8 Å². The Hall–Kier alpha value is -1.61. The Morgan fingerprint density at radius 3 is 2.61 bits per heavy atom. The van der Waals surface area contributed by atoms with Crippen LogP contribution in [0.3, 0.4) is 0 Å². The monoisotopic (exact) mass is 243 g/mol. The highest BCUT2D eigenvalue weighted by Crippen LogP contribution is 2.19. The number of benzene rings is 1. The number of aryl methyl sites for hydroxylation is 2. The second-order valence-electron chi connectivity index (χ2n) is 4.62. The van der Waals surface area contributed by atoms with Crippen LogP contribution in [0.4, 0.5) is 0 Å². The highest BCUT2D eigenvalue weighted by atomic mass is 15.3. The van der Waals surface area contributed by atoms with Gasteiger partial charge in [0.1, 0.15) is 0 Å². The topological polar surface area (TPSA) is 29.9 Å². The first kappa shape index (κ1) is 12.8. The predicted octanol–water partition coefficient (Wildman–Crippen LogP) is 2.85. The van der Waals surface area contributed by atoms with Gasteiger partial charge in [0.25, 0.3) is 0 Å². The lowest BCUT2D eigenvalue weighted by Gasteiger charge is -2.21. The molecule has 2 rings (SSSR count). The standard InChI is InChI=1S/C15H21N3/c1-4-16-15(11-18-13(3)9-10-17-18)14-8-6-5-7-12(14)2/h5-10,15-16H,4,11H2,1-3H3. The van der Waals surface area contributed by atoms with E-state index in [0.717, 1.165) is 13.1 Å². The second kappa shape index (κ2) is 5.83. The van der Waals surface area contributed by atoms with Gasteiger partial charge in [0.2, 0.25) is 0 Å². The van der Waals surface area contributed by atoms with Crippen molar-refractivity contribution in [1.82, 2.24) is 15.1 Å². The Labute approximate surface area is 109 Å². The van der Waals surface area contributed by atoms with Crippen molar-refractivity contribution in [3.63, 3.8) is 0 Å². The molecule has 0 aliphatic rings. The van der Waals surface area contributed by atoms with Crippen molar-refractivity contribution in [2.75, 3.05) is 6.54 Å². The van der Waals surface area contributed by atoms with Gasteiger partial charge in [-0.2, -0.15) is 5.10 Å². The zero-order chi connectivity index (χ0) is 13.0. The summed E-state index contributed by atoms with van der Waals surface area (Å²) in [5.41, 5.74) is 3.88. The maximum Gasteiger partial charge on any atom is 0.0607 e. The van der Waals surface area contributed by atoms with E-state index in [2.05, 4.69) is 60.1 Å². The molecular formula is C15H21N3. The lowest BCUT2D eigenvalue weighted by atomic mass is 10.0. The van der Waals surface area contributed by atoms with Crippen LogP contribution >= 0.6 is 0 Å². The van der Waals surface area contributed by atoms with Gasteiger partial charge in [-0.15, -0.1) is 0 Å². The van der Waals surface area contributed by atoms with Crippen molar-refractivity contribution in [3.05, 3.63) is 53.3 Å². The molecular weight excluding hydrogens is 222 g/mol. The molecule has 1 aromatic heterocycles. The molecule has 0 saturated heterocycles. The van der Waals surface area contributed by atoms with E-state index in [0.29, 0.717) is 6.04 Å². The van der Waals surface area contributed by atoms with Gasteiger partial charge in [-0.25, -0.2) is 0 Å². The van der Waals surface area contributed by atoms with Crippen LogP contribution in [0, 0.1) is 13.8 Å². The van der Waals surface area contributed by atoms with Crippen LogP contribution in [-0.4, -0.2) is 16.3 Å². The van der Waals surface area contributed by atoms with Gasteiger partial charge in [0, 0.05) is 11.9 Å². The number of rotatable bonds is 5. The minimum Gasteiger partial charge on any atom is -0.309 e. The molecule has 0 bridgehead atoms. The van der Waals surface area contributed by atoms with Crippen LogP contribution in [0.15, 0.2) is 36.5 Å². The van der Waals surface area contributed by atoms with Crippen LogP contribution in [0.25, 0.3) is 0 Å². The fourth-order valence-electron chi connectivity index (χ4n) is 2.26. The lowest BCUT2D eigenvalue weighted by molar-refractivity contribution is 0.441. The summed E-state index contributed by atoms with van der Waals surface area (Å²) in [6.07, 6.45) is 1.86. The number of hydrogen-bond acceptors (Lipinski definition) is 2. The zero-order valence-corrected chi connectivity index (χ0v) is 11.4. The van der Waals surface area contributed by atoms with E-state index in [1.165, 1.54) is 16.8 Å². The van der Waals surface area contributed by atoms with Crippen molar-refractivity contribution in [2.45, 2.75) is 33.4 Å². The Kier molecular flexibility index (Phi) is 4.15. The molecule has 18 heavy (non-hydrogen) atoms. The maximum atomic E-state index is 4.37. The van der Waals surface area contributed by atoms with Crippen LogP contribution in [-0.2, 0) is 6.54 Å². The lowest BCUT2D eigenvalue weighted by Crippen LogP contribution is -2.26. The first-order valence-corrected chi connectivity index (χ1v) is 6.49. The summed E-state index contributed by atoms with van der Waals surface area (Å²) in [5, 5.41) is 7.91. The summed E-state index contributed by atoms with van der Waals surface area (Å²) in [6.45, 7) is 8.22. The molecule has 0 spiro atoms. The zero-order valence-electron chi connectivity index (χ0n) is 11.4. The normalized spacial score (nSPS) is 12.6. The van der Waals surface area contributed by atoms with E-state index in [1.54, 1.807) is 0 Å². The van der Waals surface area contributed by atoms with Crippen molar-refractivity contribution >= 4 is 0 Å². The number of nitrogens with one attached hydrogen (secondary N) is 1. The molecule has 0 aliphatic carbocycles. The van der Waals surface area contributed by atoms with Gasteiger partial charge >= 0.3 is 0 Å². The second-order valence-corrected chi connectivity index (χ2v) is 4.62. The molecule has 2 aromatic rings. The third-order valence-electron chi connectivity index (χ3n) is 3.30. The molecule has 3 heteroatoms. The van der Waals surface area contributed by atoms with E-state index in [-0.39, 0.29) is 0 Å². The molecule has 0 amide bonds. The Morgan fingerprint density at radius 2 is 2.00 bits per heavy atom. The number of nitrogens with zero attached hydrogens (tertiary/aromatic N) is 2. The van der Waals surface area contributed by atoms with Crippen molar-refractivity contribution in [1.29, 1.82) is 0 Å². The van der Waals surface area contributed by atoms with Crippen LogP contribution in [0.2, 0.25) is 0 Å². The summed E-state index contributed by atoms with van der Waals surface area (Å²) >= 11 is 0. The molecule has 96 valence electrons. The van der Waals surface area contributed by atoms with Gasteiger partial charge < -0.3 is 5.32 Å². The van der Waals surface area contributed by atoms with Gasteiger partial charge in [-0.1, -0.05) is 31.2 Å². The van der Waals surface area contributed by atoms with Gasteiger partial charge in [-0.3, -0.25) is 4.68 Å². The van der Waals surface area contributed by atoms with Crippen LogP contribution in [0.5, 0.6) is 0 Å². The van der Waals surface area contributed by atoms with E-state index >= 15 is 0 Å². The number of likely N-dealkylation sites (N-methyl/N-ethyl adjacent to an activating group) is 1. The highest BCUT2D eigenvalue weighted by Gasteiger charge is 2.13. The van der Waals surface area contributed by atoms with Gasteiger partial charge in [-0.05, 0) is 37.6 Å². The van der Waals surface area contributed by atoms with Crippen molar-refractivity contribution in [3.8, 4) is 0 Å². The fraction of sp³-hybridized carbons (Fsp3) is 0.400. The average Bonchev–Trinajstić information content (AvgIpc) is 2.75. The minimum atomic E-state index is 0.315. The largest absolute Gasteiger partial charge is 0.309 e. The van der Waals surface area contributed by atoms with Crippen LogP contribution < -0.4 is 5.32 Å². The van der Waals surface area contributed by atoms with Crippen molar-refractivity contribution in [2.24, 2.45) is 0 Å². The maximum absolute atomic E-state index is 4.37. The van der Waals surface area contributed by atoms with E-state index < -0.39 is 0 Å². The third-order valence-corrected chi connectivity index (χ3v) is 3.30. The molecule has 0 saturated carbocycles. The first-order valence-electron chi connectivity index (χ1n) is 6.49. The van der Waals surface area contributed by atoms with Crippen molar-refractivity contribution < 1.29 is 0 Å². The average molecular weight is 243 g/mol. The molecule has 1 atom stereocenters. The van der Waals surface area contributed by atoms with E-state index in [4.69, 9.17) is 0 Å². The SMILES string of the molecule is CCNC(Cn1nccc1C)c1ccccc1C. The summed E-state index contributed by atoms with van der Waals surface area (Å²) in [4.78, 5) is 0. The Bertz CT molecular complexity index is 502. The van der Waals surface area contributed by atoms with Gasteiger partial charge in [0.05, 0.1) is 12.6 Å². The summed E-state index contributed by atoms with van der Waals surface area (Å²) in [5.74, 6) is 0. The smallest absolute Gasteiger partial charge is 0.0607 e. The number of aromatic nitrogens is 2. The highest BCUT2D eigenvalue weighted by molar-refractivity contribution is 5.28. The number of hydrogen-bond donors (Lipinski definition) is 1. The summed E-state index contributed by atoms with van der Waals surface area (Å²) in [6, 6.07) is 10.9. The molecule has 1 aromatic carbocycles. The van der Waals surface area contributed by atoms with E-state index in [1.807, 2.05) is 12.3 Å². The third kappa shape index (κ3) is 2.79. The first-order chi connectivity index (χ1) is 8.72. The quantitative estimate of drug-likeness (QED) is 0.875. The molecule has 3 nitrogen and oxygen atoms in total. The molecule has 0 radical (unpaired) electrons. The predicted molar refractivity (Wildman–Crippen MR) is 74.6 cm³/mol. The summed E-state index contributed by atoms with van der Waals surface area (Å²) in [7, 11) is 0. The fourth-order valence-corrected chi connectivity index (χ4v) is 2.26. The molecule has 0 aliphatic heterocycles. The molecule has 1 heterocycles. The Balaban J connectivity index is 2.24. The molecule has 1 unspecified atom stereocenters. The van der Waals surface area contributed by atoms with E-state index in [9.17, 15) is 0 Å². The van der Waals surface area contributed by atoms with Gasteiger partial charge in [0.15, 0.2) is 0 Å². The summed E-state index contributed by atoms with van der Waals surface area (Å²) < 4.78 is 2.06. The molecule has 0 fully saturated rings. The minimum absolute atomic E-state index is 0.315. The Morgan fingerprint density at radius 1 is 1.22 bits per heavy atom. The molecule has 1 N–H and O–H groups in total.